The van der Waals surface area contributed by atoms with Gasteiger partial charge in [0.05, 0.1) is 22.2 Å². The monoisotopic (exact) mass is 399 g/mol. The summed E-state index contributed by atoms with van der Waals surface area (Å²) in [6, 6.07) is 1.70. The SMILES string of the molecule is CC1(NC(=O)c2cc(F)cc(S(=O)(=O)Cl)c2Br)CCOC1. The van der Waals surface area contributed by atoms with Crippen LogP contribution < -0.4 is 5.32 Å². The Morgan fingerprint density at radius 1 is 1.52 bits per heavy atom. The molecule has 0 aliphatic carbocycles. The Kier molecular flexibility index (Phi) is 4.63. The molecule has 0 aromatic heterocycles. The summed E-state index contributed by atoms with van der Waals surface area (Å²) < 4.78 is 41.5. The lowest BCUT2D eigenvalue weighted by Crippen LogP contribution is -2.46. The average Bonchev–Trinajstić information content (AvgIpc) is 2.76. The maximum atomic E-state index is 13.6. The molecular weight excluding hydrogens is 389 g/mol. The third-order valence-electron chi connectivity index (χ3n) is 3.15. The van der Waals surface area contributed by atoms with E-state index in [2.05, 4.69) is 21.2 Å². The van der Waals surface area contributed by atoms with Crippen LogP contribution in [0.4, 0.5) is 4.39 Å². The molecule has 1 N–H and O–H groups in total. The number of ether oxygens (including phenoxy) is 1. The molecule has 1 aromatic carbocycles. The van der Waals surface area contributed by atoms with Gasteiger partial charge in [-0.15, -0.1) is 0 Å². The quantitative estimate of drug-likeness (QED) is 0.791. The first-order valence-electron chi connectivity index (χ1n) is 5.96. The first kappa shape index (κ1) is 16.7. The van der Waals surface area contributed by atoms with Gasteiger partial charge in [0.15, 0.2) is 0 Å². The van der Waals surface area contributed by atoms with E-state index < -0.39 is 31.2 Å². The second-order valence-electron chi connectivity index (χ2n) is 5.02. The van der Waals surface area contributed by atoms with Crippen LogP contribution in [0.2, 0.25) is 0 Å². The van der Waals surface area contributed by atoms with E-state index in [-0.39, 0.29) is 10.0 Å². The number of carbonyl (C=O) groups is 1. The van der Waals surface area contributed by atoms with Gasteiger partial charge in [-0.2, -0.15) is 0 Å². The number of hydrogen-bond acceptors (Lipinski definition) is 4. The van der Waals surface area contributed by atoms with Crippen LogP contribution in [-0.4, -0.2) is 33.1 Å². The highest BCUT2D eigenvalue weighted by Gasteiger charge is 2.33. The van der Waals surface area contributed by atoms with Gasteiger partial charge in [-0.1, -0.05) is 0 Å². The zero-order chi connectivity index (χ0) is 15.8. The van der Waals surface area contributed by atoms with Crippen molar-refractivity contribution in [2.75, 3.05) is 13.2 Å². The zero-order valence-corrected chi connectivity index (χ0v) is 14.1. The lowest BCUT2D eigenvalue weighted by Gasteiger charge is -2.24. The summed E-state index contributed by atoms with van der Waals surface area (Å²) in [6.45, 7) is 2.65. The van der Waals surface area contributed by atoms with Gasteiger partial charge in [0, 0.05) is 17.3 Å². The minimum Gasteiger partial charge on any atom is -0.379 e. The molecule has 1 amide bonds. The molecule has 116 valence electrons. The Labute approximate surface area is 134 Å². The molecule has 1 unspecified atom stereocenters. The van der Waals surface area contributed by atoms with E-state index in [0.717, 1.165) is 12.1 Å². The molecule has 0 radical (unpaired) electrons. The van der Waals surface area contributed by atoms with Crippen LogP contribution in [0.3, 0.4) is 0 Å². The highest BCUT2D eigenvalue weighted by Crippen LogP contribution is 2.30. The number of hydrogen-bond donors (Lipinski definition) is 1. The molecule has 1 atom stereocenters. The normalized spacial score (nSPS) is 22.3. The number of halogens is 3. The molecule has 9 heteroatoms. The third-order valence-corrected chi connectivity index (χ3v) is 5.61. The summed E-state index contributed by atoms with van der Waals surface area (Å²) >= 11 is 3.00. The Morgan fingerprint density at radius 2 is 2.19 bits per heavy atom. The van der Waals surface area contributed by atoms with E-state index in [4.69, 9.17) is 15.4 Å². The van der Waals surface area contributed by atoms with Crippen LogP contribution in [0.1, 0.15) is 23.7 Å². The van der Waals surface area contributed by atoms with Crippen LogP contribution in [0.25, 0.3) is 0 Å². The van der Waals surface area contributed by atoms with Gasteiger partial charge in [0.25, 0.3) is 15.0 Å². The van der Waals surface area contributed by atoms with Crippen LogP contribution in [0.5, 0.6) is 0 Å². The predicted molar refractivity (Wildman–Crippen MR) is 78.4 cm³/mol. The molecule has 2 rings (SSSR count). The smallest absolute Gasteiger partial charge is 0.262 e. The van der Waals surface area contributed by atoms with Crippen LogP contribution in [0.15, 0.2) is 21.5 Å². The molecule has 1 aromatic rings. The molecule has 5 nitrogen and oxygen atoms in total. The molecular formula is C12H12BrClFNO4S. The molecule has 1 fully saturated rings. The van der Waals surface area contributed by atoms with Crippen molar-refractivity contribution in [1.29, 1.82) is 0 Å². The van der Waals surface area contributed by atoms with Crippen molar-refractivity contribution in [3.8, 4) is 0 Å². The Morgan fingerprint density at radius 3 is 2.71 bits per heavy atom. The van der Waals surface area contributed by atoms with Gasteiger partial charge in [0.2, 0.25) is 0 Å². The molecule has 0 saturated carbocycles. The standard InChI is InChI=1S/C12H12BrClFNO4S/c1-12(2-3-20-6-12)16-11(17)8-4-7(15)5-9(10(8)13)21(14,18)19/h4-5H,2-3,6H2,1H3,(H,16,17). The summed E-state index contributed by atoms with van der Waals surface area (Å²) in [5.41, 5.74) is -0.703. The van der Waals surface area contributed by atoms with E-state index in [1.807, 2.05) is 0 Å². The number of rotatable bonds is 3. The first-order chi connectivity index (χ1) is 9.62. The van der Waals surface area contributed by atoms with Crippen molar-refractivity contribution in [3.05, 3.63) is 28.0 Å². The van der Waals surface area contributed by atoms with E-state index in [9.17, 15) is 17.6 Å². The van der Waals surface area contributed by atoms with Crippen molar-refractivity contribution in [2.24, 2.45) is 0 Å². The number of amides is 1. The Bertz CT molecular complexity index is 689. The topological polar surface area (TPSA) is 72.5 Å². The zero-order valence-electron chi connectivity index (χ0n) is 11.0. The van der Waals surface area contributed by atoms with Crippen molar-refractivity contribution in [1.82, 2.24) is 5.32 Å². The summed E-state index contributed by atoms with van der Waals surface area (Å²) in [7, 11) is 1.06. The van der Waals surface area contributed by atoms with Gasteiger partial charge < -0.3 is 10.1 Å². The highest BCUT2D eigenvalue weighted by molar-refractivity contribution is 9.10. The summed E-state index contributed by atoms with van der Waals surface area (Å²) in [4.78, 5) is 11.8. The minimum absolute atomic E-state index is 0.0704. The molecule has 1 aliphatic rings. The summed E-state index contributed by atoms with van der Waals surface area (Å²) in [6.07, 6.45) is 0.617. The van der Waals surface area contributed by atoms with Crippen LogP contribution >= 0.6 is 26.6 Å². The van der Waals surface area contributed by atoms with Crippen LogP contribution in [-0.2, 0) is 13.8 Å². The second kappa shape index (κ2) is 5.83. The molecule has 1 heterocycles. The van der Waals surface area contributed by atoms with Crippen molar-refractivity contribution in [3.63, 3.8) is 0 Å². The average molecular weight is 401 g/mol. The Balaban J connectivity index is 2.40. The third kappa shape index (κ3) is 3.74. The fourth-order valence-corrected chi connectivity index (χ4v) is 4.28. The Hall–Kier alpha value is -0.700. The summed E-state index contributed by atoms with van der Waals surface area (Å²) in [5, 5.41) is 2.72. The van der Waals surface area contributed by atoms with Gasteiger partial charge in [-0.25, -0.2) is 12.8 Å². The minimum atomic E-state index is -4.17. The fourth-order valence-electron chi connectivity index (χ4n) is 2.01. The van der Waals surface area contributed by atoms with E-state index >= 15 is 0 Å². The lowest BCUT2D eigenvalue weighted by atomic mass is 10.0. The second-order valence-corrected chi connectivity index (χ2v) is 8.35. The van der Waals surface area contributed by atoms with Crippen molar-refractivity contribution in [2.45, 2.75) is 23.8 Å². The molecule has 0 spiro atoms. The highest BCUT2D eigenvalue weighted by atomic mass is 79.9. The molecule has 1 aliphatic heterocycles. The van der Waals surface area contributed by atoms with E-state index in [1.54, 1.807) is 6.92 Å². The van der Waals surface area contributed by atoms with Gasteiger partial charge in [-0.05, 0) is 41.4 Å². The predicted octanol–water partition coefficient (Wildman–Crippen LogP) is 2.42. The number of benzene rings is 1. The first-order valence-corrected chi connectivity index (χ1v) is 9.07. The maximum Gasteiger partial charge on any atom is 0.262 e. The van der Waals surface area contributed by atoms with Crippen molar-refractivity contribution >= 4 is 41.6 Å². The van der Waals surface area contributed by atoms with Crippen molar-refractivity contribution < 1.29 is 22.3 Å². The molecule has 1 saturated heterocycles. The van der Waals surface area contributed by atoms with E-state index in [1.165, 1.54) is 0 Å². The van der Waals surface area contributed by atoms with Gasteiger partial charge in [-0.3, -0.25) is 4.79 Å². The molecule has 0 bridgehead atoms. The van der Waals surface area contributed by atoms with Gasteiger partial charge >= 0.3 is 0 Å². The fraction of sp³-hybridized carbons (Fsp3) is 0.417. The molecule has 21 heavy (non-hydrogen) atoms. The number of carbonyl (C=O) groups excluding carboxylic acids is 1. The number of nitrogens with one attached hydrogen (secondary N) is 1. The summed E-state index contributed by atoms with van der Waals surface area (Å²) in [5.74, 6) is -1.47. The largest absolute Gasteiger partial charge is 0.379 e. The van der Waals surface area contributed by atoms with E-state index in [0.29, 0.717) is 19.6 Å². The lowest BCUT2D eigenvalue weighted by molar-refractivity contribution is 0.0888. The van der Waals surface area contributed by atoms with Gasteiger partial charge in [0.1, 0.15) is 10.7 Å². The maximum absolute atomic E-state index is 13.6. The van der Waals surface area contributed by atoms with Crippen LogP contribution in [0, 0.1) is 5.82 Å².